The Balaban J connectivity index is -0.000000786. The van der Waals surface area contributed by atoms with Crippen molar-refractivity contribution in [3.8, 4) is 11.1 Å². The Kier molecular flexibility index (Phi) is 71.4. The third-order valence-corrected chi connectivity index (χ3v) is 28.5. The Hall–Kier alpha value is -8.71. The van der Waals surface area contributed by atoms with Gasteiger partial charge in [-0.3, -0.25) is 25.0 Å². The maximum absolute atomic E-state index is 13.5. The van der Waals surface area contributed by atoms with Crippen LogP contribution in [0.5, 0.6) is 0 Å². The monoisotopic (exact) mass is 2170 g/mol. The van der Waals surface area contributed by atoms with Crippen LogP contribution >= 0.6 is 11.6 Å². The molecule has 5 aliphatic heterocycles. The minimum atomic E-state index is -0.165. The summed E-state index contributed by atoms with van der Waals surface area (Å²) in [6.07, 6.45) is 111. The predicted octanol–water partition coefficient (Wildman–Crippen LogP) is 40.0. The van der Waals surface area contributed by atoms with Crippen LogP contribution in [0.15, 0.2) is 395 Å². The van der Waals surface area contributed by atoms with Gasteiger partial charge in [0, 0.05) is 60.7 Å². The molecule has 5 heterocycles. The molecule has 0 saturated heterocycles. The predicted molar refractivity (Wildman–Crippen MR) is 629 cm³/mol. The molecule has 0 aromatic heterocycles. The second-order valence-electron chi connectivity index (χ2n) is 37.5. The molecule has 145 heavy (non-hydrogen) atoms. The standard InChI is InChI=1S/C23H23N.C20H25N.C19H23N.C18H20ClN.C18H20FN.5C5H6.10CH3.5Fe/c1-17-23(2,15-14-18-8-6-7-9-18)21-16-20(12-13-22(21)24-17)19-10-4-3-5-11-19;1-15-11-12-19-18(14-15)20(3,16(2)21-19)13-7-6-10-17-8-4-5-9-17;1-15-19(2,17-12-5-6-13-18(17)20-15)14-8-7-11-16-9-3-4-10-16;2*1-13-18(2,11-5-8-14-6-3-4-7-14)16-12-15(19)9-10-17(16)20-13;5*1-2-4-5-3-1;;;;;;;;;;;;;;;/h3-13,16,18H,14-15H2,1-2H3;4-5,8-9,11-12,14,17H,6-7,10,13H2,1-3H3;3-6,9-10,12-13,16H,7-8,11,14H2,1-2H3;2*3-4,6-7,9-10,12,14H,5,8,11H2,1-2H3;5*1-4H,5H2;10*1H3;;;;;/q;;;;;;;;;;10*-1;5*+2. The molecule has 0 bridgehead atoms. The van der Waals surface area contributed by atoms with E-state index in [2.05, 4.69) is 421 Å². The van der Waals surface area contributed by atoms with E-state index in [-0.39, 0.29) is 193 Å². The van der Waals surface area contributed by atoms with Gasteiger partial charge >= 0.3 is 85.3 Å². The summed E-state index contributed by atoms with van der Waals surface area (Å²) in [6, 6.07) is 43.6. The molecular formula is C133H171ClFFe5N5. The molecule has 0 amide bonds. The average Bonchev–Trinajstić information content (AvgIpc) is 1.60. The Bertz CT molecular complexity index is 5330. The van der Waals surface area contributed by atoms with Gasteiger partial charge in [0.05, 0.1) is 28.4 Å². The molecule has 0 fully saturated rings. The smallest absolute Gasteiger partial charge is 0.358 e. The molecule has 21 rings (SSSR count). The number of aliphatic imine (C=N–C) groups is 5. The zero-order chi connectivity index (χ0) is 91.5. The molecule has 0 spiro atoms. The van der Waals surface area contributed by atoms with E-state index >= 15 is 0 Å². The summed E-state index contributed by atoms with van der Waals surface area (Å²) in [4.78, 5) is 23.8. The molecular weight excluding hydrogens is 2000 g/mol. The number of benzene rings is 6. The van der Waals surface area contributed by atoms with Gasteiger partial charge in [-0.15, -0.1) is 0 Å². The normalized spacial score (nSPS) is 20.1. The third kappa shape index (κ3) is 40.9. The number of hydrogen-bond donors (Lipinski definition) is 0. The van der Waals surface area contributed by atoms with E-state index in [1.807, 2.05) is 12.1 Å². The van der Waals surface area contributed by atoms with E-state index in [1.165, 1.54) is 150 Å². The van der Waals surface area contributed by atoms with Crippen molar-refractivity contribution in [3.05, 3.63) is 489 Å². The maximum atomic E-state index is 13.5. The number of allylic oxidation sites excluding steroid dienone is 40. The first-order valence-corrected chi connectivity index (χ1v) is 48.7. The maximum Gasteiger partial charge on any atom is 2.00 e. The van der Waals surface area contributed by atoms with Gasteiger partial charge in [-0.1, -0.05) is 400 Å². The summed E-state index contributed by atoms with van der Waals surface area (Å²) in [5.41, 5.74) is 22.4. The largest absolute Gasteiger partial charge is 2.00 e. The van der Waals surface area contributed by atoms with E-state index < -0.39 is 0 Å². The van der Waals surface area contributed by atoms with Crippen molar-refractivity contribution in [2.24, 2.45) is 54.6 Å². The number of hydrogen-bond acceptors (Lipinski definition) is 5. The molecule has 5 nitrogen and oxygen atoms in total. The fraction of sp³-hybridized carbons (Fsp3) is 0.316. The average molecular weight is 2170 g/mol. The minimum Gasteiger partial charge on any atom is -0.358 e. The number of para-hydroxylation sites is 1. The number of unbranched alkanes of at least 4 members (excludes halogenated alkanes) is 2. The zero-order valence-corrected chi connectivity index (χ0v) is 97.5. The Labute approximate surface area is 942 Å². The minimum absolute atomic E-state index is 0. The number of fused-ring (bicyclic) bond motifs is 5. The van der Waals surface area contributed by atoms with Crippen molar-refractivity contribution in [2.75, 3.05) is 0 Å². The van der Waals surface area contributed by atoms with Crippen molar-refractivity contribution in [3.63, 3.8) is 0 Å². The number of rotatable bonds is 22. The molecule has 15 aliphatic rings. The van der Waals surface area contributed by atoms with Crippen LogP contribution in [0.1, 0.15) is 237 Å². The van der Waals surface area contributed by atoms with Crippen molar-refractivity contribution in [1.82, 2.24) is 0 Å². The summed E-state index contributed by atoms with van der Waals surface area (Å²) < 4.78 is 13.5. The van der Waals surface area contributed by atoms with E-state index in [4.69, 9.17) is 31.6 Å². The molecule has 6 aromatic rings. The van der Waals surface area contributed by atoms with Crippen molar-refractivity contribution >= 4 is 68.6 Å². The van der Waals surface area contributed by atoms with Gasteiger partial charge in [-0.05, 0) is 267 Å². The van der Waals surface area contributed by atoms with Crippen LogP contribution in [0.3, 0.4) is 0 Å². The molecule has 10 aliphatic carbocycles. The molecule has 782 valence electrons. The first kappa shape index (κ1) is 143. The van der Waals surface area contributed by atoms with Crippen LogP contribution in [-0.4, -0.2) is 28.6 Å². The van der Waals surface area contributed by atoms with Crippen LogP contribution in [0, 0.1) is 117 Å². The van der Waals surface area contributed by atoms with Crippen LogP contribution < -0.4 is 0 Å². The Morgan fingerprint density at radius 1 is 0.248 bits per heavy atom. The molecule has 5 atom stereocenters. The van der Waals surface area contributed by atoms with Gasteiger partial charge in [-0.25, -0.2) is 4.39 Å². The van der Waals surface area contributed by atoms with E-state index in [9.17, 15) is 4.39 Å². The van der Waals surface area contributed by atoms with E-state index in [0.29, 0.717) is 29.6 Å². The third-order valence-electron chi connectivity index (χ3n) is 28.2. The van der Waals surface area contributed by atoms with Crippen LogP contribution in [0.25, 0.3) is 11.1 Å². The van der Waals surface area contributed by atoms with Crippen LogP contribution in [0.2, 0.25) is 5.02 Å². The van der Waals surface area contributed by atoms with Gasteiger partial charge in [0.25, 0.3) is 0 Å². The first-order chi connectivity index (χ1) is 63.1. The number of nitrogens with zero attached hydrogens (tertiary/aromatic N) is 5. The Morgan fingerprint density at radius 3 is 0.855 bits per heavy atom. The fourth-order valence-corrected chi connectivity index (χ4v) is 19.3. The summed E-state index contributed by atoms with van der Waals surface area (Å²) in [6.45, 7) is 24.5. The van der Waals surface area contributed by atoms with Crippen molar-refractivity contribution < 1.29 is 89.7 Å². The molecule has 0 N–H and O–H groups in total. The van der Waals surface area contributed by atoms with Crippen molar-refractivity contribution in [2.45, 2.75) is 238 Å². The SMILES string of the molecule is C1=CCC=C1.C1=CCC=C1.C1=CCC=C1.C1=CCC=C1.C1=CCC=C1.CC1=Nc2ccc(-c3ccccc3)cc2C1(C)CCC1C=CC=C1.CC1=Nc2ccc(C)cc2C1(C)CCCCC1C=CC=C1.CC1=Nc2ccc(Cl)cc2C1(C)CCCC1C=CC=C1.CC1=Nc2ccc(F)cc2C1(C)CCCC1C=CC=C1.CC1=Nc2ccccc2C1(C)CCCCC1C=CC=C1.[CH3-].[CH3-].[CH3-].[CH3-].[CH3-].[CH3-].[CH3-].[CH3-].[CH3-].[CH3-].[Fe+2].[Fe+2].[Fe+2].[Fe+2].[Fe+2]. The number of halogens is 2. The van der Waals surface area contributed by atoms with E-state index in [0.717, 1.165) is 97.6 Å². The summed E-state index contributed by atoms with van der Waals surface area (Å²) in [7, 11) is 0. The molecule has 0 saturated carbocycles. The fourth-order valence-electron chi connectivity index (χ4n) is 19.2. The van der Waals surface area contributed by atoms with Gasteiger partial charge in [0.2, 0.25) is 0 Å². The second kappa shape index (κ2) is 72.6. The van der Waals surface area contributed by atoms with Crippen LogP contribution in [0.4, 0.5) is 32.8 Å². The quantitative estimate of drug-likeness (QED) is 0.0369. The number of aryl methyl sites for hydroxylation is 1. The van der Waals surface area contributed by atoms with Crippen LogP contribution in [-0.2, 0) is 112 Å². The molecule has 0 radical (unpaired) electrons. The molecule has 5 unspecified atom stereocenters. The summed E-state index contributed by atoms with van der Waals surface area (Å²) in [5.74, 6) is 2.96. The summed E-state index contributed by atoms with van der Waals surface area (Å²) in [5, 5.41) is 0.807. The van der Waals surface area contributed by atoms with Crippen molar-refractivity contribution in [1.29, 1.82) is 0 Å². The van der Waals surface area contributed by atoms with Gasteiger partial charge in [0.15, 0.2) is 0 Å². The zero-order valence-electron chi connectivity index (χ0n) is 91.2. The Morgan fingerprint density at radius 2 is 0.510 bits per heavy atom. The van der Waals surface area contributed by atoms with Gasteiger partial charge in [0.1, 0.15) is 5.82 Å². The molecule has 12 heteroatoms. The van der Waals surface area contributed by atoms with Gasteiger partial charge in [-0.2, -0.15) is 0 Å². The topological polar surface area (TPSA) is 61.8 Å². The first-order valence-electron chi connectivity index (χ1n) is 48.3. The van der Waals surface area contributed by atoms with Gasteiger partial charge < -0.3 is 74.3 Å². The second-order valence-corrected chi connectivity index (χ2v) is 38.0. The summed E-state index contributed by atoms with van der Waals surface area (Å²) >= 11 is 6.17. The van der Waals surface area contributed by atoms with E-state index in [1.54, 1.807) is 12.1 Å². The molecule has 6 aromatic carbocycles.